The Morgan fingerprint density at radius 1 is 1.56 bits per heavy atom. The van der Waals surface area contributed by atoms with Crippen LogP contribution in [0.15, 0.2) is 22.7 Å². The number of carboxylic acids is 1. The van der Waals surface area contributed by atoms with Gasteiger partial charge >= 0.3 is 5.97 Å². The summed E-state index contributed by atoms with van der Waals surface area (Å²) < 4.78 is 18.9. The molecule has 1 amide bonds. The summed E-state index contributed by atoms with van der Waals surface area (Å²) in [5.74, 6) is -2.44. The molecule has 2 N–H and O–H groups in total. The summed E-state index contributed by atoms with van der Waals surface area (Å²) in [6, 6.07) is 2.83. The van der Waals surface area contributed by atoms with Crippen molar-refractivity contribution in [3.63, 3.8) is 0 Å². The number of halogens is 2. The molecule has 1 rings (SSSR count). The van der Waals surface area contributed by atoms with Crippen LogP contribution in [0.2, 0.25) is 0 Å². The zero-order valence-corrected chi connectivity index (χ0v) is 11.0. The smallest absolute Gasteiger partial charge is 0.329 e. The molecular weight excluding hydrogens is 309 g/mol. The van der Waals surface area contributed by atoms with Crippen molar-refractivity contribution in [3.05, 3.63) is 28.5 Å². The van der Waals surface area contributed by atoms with Crippen molar-refractivity contribution in [2.75, 3.05) is 6.61 Å². The van der Waals surface area contributed by atoms with Gasteiger partial charge in [0.1, 0.15) is 6.61 Å². The molecule has 0 aliphatic heterocycles. The number of hydrogen-bond acceptors (Lipinski definition) is 3. The van der Waals surface area contributed by atoms with Gasteiger partial charge in [-0.05, 0) is 18.2 Å². The Hall–Kier alpha value is -1.63. The van der Waals surface area contributed by atoms with E-state index in [1.165, 1.54) is 25.1 Å². The summed E-state index contributed by atoms with van der Waals surface area (Å²) in [6.45, 7) is 0.831. The van der Waals surface area contributed by atoms with Crippen molar-refractivity contribution < 1.29 is 23.8 Å². The second-order valence-electron chi connectivity index (χ2n) is 3.48. The number of carboxylic acid groups (broad SMARTS) is 1. The summed E-state index contributed by atoms with van der Waals surface area (Å²) in [5.41, 5.74) is 0. The molecule has 1 unspecified atom stereocenters. The molecule has 0 aromatic heterocycles. The highest BCUT2D eigenvalue weighted by Gasteiger charge is 2.19. The number of benzene rings is 1. The quantitative estimate of drug-likeness (QED) is 0.863. The average Bonchev–Trinajstić information content (AvgIpc) is 2.27. The van der Waals surface area contributed by atoms with Gasteiger partial charge in [-0.15, -0.1) is 0 Å². The highest BCUT2D eigenvalue weighted by Crippen LogP contribution is 2.22. The Balaban J connectivity index is 2.69. The predicted molar refractivity (Wildman–Crippen MR) is 64.8 cm³/mol. The van der Waals surface area contributed by atoms with E-state index in [0.29, 0.717) is 4.47 Å². The number of carbonyl (C=O) groups excluding carboxylic acids is 1. The number of nitrogens with one attached hydrogen (secondary N) is 1. The molecule has 0 heterocycles. The van der Waals surface area contributed by atoms with Gasteiger partial charge in [0.2, 0.25) is 5.91 Å². The monoisotopic (exact) mass is 319 g/mol. The molecule has 0 aliphatic rings. The number of hydrogen-bond donors (Lipinski definition) is 2. The third-order valence-corrected chi connectivity index (χ3v) is 2.47. The van der Waals surface area contributed by atoms with Crippen molar-refractivity contribution in [2.24, 2.45) is 0 Å². The SMILES string of the molecule is CC(=O)NC(COc1cc(Br)ccc1F)C(=O)O. The molecule has 5 nitrogen and oxygen atoms in total. The van der Waals surface area contributed by atoms with E-state index in [0.717, 1.165) is 0 Å². The lowest BCUT2D eigenvalue weighted by atomic mass is 10.3. The maximum Gasteiger partial charge on any atom is 0.329 e. The molecule has 0 saturated carbocycles. The minimum absolute atomic E-state index is 0.0824. The van der Waals surface area contributed by atoms with Crippen LogP contribution in [0.3, 0.4) is 0 Å². The molecule has 7 heteroatoms. The first-order chi connectivity index (χ1) is 8.40. The Morgan fingerprint density at radius 2 is 2.22 bits per heavy atom. The Morgan fingerprint density at radius 3 is 2.78 bits per heavy atom. The molecule has 1 aromatic rings. The second-order valence-corrected chi connectivity index (χ2v) is 4.39. The highest BCUT2D eigenvalue weighted by atomic mass is 79.9. The van der Waals surface area contributed by atoms with Gasteiger partial charge in [-0.1, -0.05) is 15.9 Å². The van der Waals surface area contributed by atoms with E-state index < -0.39 is 23.7 Å². The van der Waals surface area contributed by atoms with Crippen LogP contribution in [0.4, 0.5) is 4.39 Å². The Kier molecular flexibility index (Phi) is 5.08. The molecule has 0 saturated heterocycles. The van der Waals surface area contributed by atoms with Crippen LogP contribution in [-0.4, -0.2) is 29.6 Å². The third kappa shape index (κ3) is 4.33. The molecular formula is C11H11BrFNO4. The molecule has 0 radical (unpaired) electrons. The van der Waals surface area contributed by atoms with Crippen LogP contribution in [-0.2, 0) is 9.59 Å². The van der Waals surface area contributed by atoms with Crippen LogP contribution in [0.25, 0.3) is 0 Å². The van der Waals surface area contributed by atoms with Crippen LogP contribution >= 0.6 is 15.9 Å². The highest BCUT2D eigenvalue weighted by molar-refractivity contribution is 9.10. The zero-order chi connectivity index (χ0) is 13.7. The van der Waals surface area contributed by atoms with E-state index in [2.05, 4.69) is 21.2 Å². The van der Waals surface area contributed by atoms with Gasteiger partial charge < -0.3 is 15.2 Å². The number of amides is 1. The minimum Gasteiger partial charge on any atom is -0.488 e. The normalized spacial score (nSPS) is 11.7. The van der Waals surface area contributed by atoms with E-state index in [-0.39, 0.29) is 12.4 Å². The van der Waals surface area contributed by atoms with Crippen LogP contribution < -0.4 is 10.1 Å². The van der Waals surface area contributed by atoms with Gasteiger partial charge in [0.25, 0.3) is 0 Å². The minimum atomic E-state index is -1.25. The number of carbonyl (C=O) groups is 2. The van der Waals surface area contributed by atoms with Crippen molar-refractivity contribution >= 4 is 27.8 Å². The van der Waals surface area contributed by atoms with E-state index in [9.17, 15) is 14.0 Å². The second kappa shape index (κ2) is 6.34. The maximum absolute atomic E-state index is 13.3. The summed E-state index contributed by atoms with van der Waals surface area (Å²) in [7, 11) is 0. The van der Waals surface area contributed by atoms with Gasteiger partial charge in [0.05, 0.1) is 0 Å². The molecule has 18 heavy (non-hydrogen) atoms. The molecule has 0 spiro atoms. The van der Waals surface area contributed by atoms with E-state index >= 15 is 0 Å². The van der Waals surface area contributed by atoms with Crippen molar-refractivity contribution in [1.29, 1.82) is 0 Å². The largest absolute Gasteiger partial charge is 0.488 e. The van der Waals surface area contributed by atoms with Crippen molar-refractivity contribution in [2.45, 2.75) is 13.0 Å². The first kappa shape index (κ1) is 14.4. The fourth-order valence-electron chi connectivity index (χ4n) is 1.18. The Labute approximate surface area is 111 Å². The van der Waals surface area contributed by atoms with Crippen LogP contribution in [0.5, 0.6) is 5.75 Å². The predicted octanol–water partition coefficient (Wildman–Crippen LogP) is 1.56. The van der Waals surface area contributed by atoms with Gasteiger partial charge in [-0.2, -0.15) is 0 Å². The standard InChI is InChI=1S/C11H11BrFNO4/c1-6(15)14-9(11(16)17)5-18-10-4-7(12)2-3-8(10)13/h2-4,9H,5H2,1H3,(H,14,15)(H,16,17). The lowest BCUT2D eigenvalue weighted by Gasteiger charge is -2.14. The number of ether oxygens (including phenoxy) is 1. The molecule has 1 atom stereocenters. The summed E-state index contributed by atoms with van der Waals surface area (Å²) in [4.78, 5) is 21.6. The topological polar surface area (TPSA) is 75.6 Å². The maximum atomic E-state index is 13.3. The summed E-state index contributed by atoms with van der Waals surface area (Å²) >= 11 is 3.14. The number of aliphatic carboxylic acids is 1. The van der Waals surface area contributed by atoms with E-state index in [1.54, 1.807) is 0 Å². The van der Waals surface area contributed by atoms with E-state index in [1.807, 2.05) is 0 Å². The van der Waals surface area contributed by atoms with E-state index in [4.69, 9.17) is 9.84 Å². The molecule has 1 aromatic carbocycles. The summed E-state index contributed by atoms with van der Waals surface area (Å²) in [6.07, 6.45) is 0. The average molecular weight is 320 g/mol. The fraction of sp³-hybridized carbons (Fsp3) is 0.273. The third-order valence-electron chi connectivity index (χ3n) is 1.97. The van der Waals surface area contributed by atoms with Gasteiger partial charge in [-0.3, -0.25) is 4.79 Å². The molecule has 0 fully saturated rings. The lowest BCUT2D eigenvalue weighted by molar-refractivity contribution is -0.142. The van der Waals surface area contributed by atoms with Gasteiger partial charge in [-0.25, -0.2) is 9.18 Å². The van der Waals surface area contributed by atoms with Gasteiger partial charge in [0, 0.05) is 11.4 Å². The number of rotatable bonds is 5. The van der Waals surface area contributed by atoms with Crippen molar-refractivity contribution in [1.82, 2.24) is 5.32 Å². The zero-order valence-electron chi connectivity index (χ0n) is 9.44. The lowest BCUT2D eigenvalue weighted by Crippen LogP contribution is -2.43. The van der Waals surface area contributed by atoms with Crippen LogP contribution in [0.1, 0.15) is 6.92 Å². The van der Waals surface area contributed by atoms with Gasteiger partial charge in [0.15, 0.2) is 17.6 Å². The Bertz CT molecular complexity index is 466. The first-order valence-electron chi connectivity index (χ1n) is 4.98. The first-order valence-corrected chi connectivity index (χ1v) is 5.77. The molecule has 98 valence electrons. The summed E-state index contributed by atoms with van der Waals surface area (Å²) in [5, 5.41) is 11.0. The molecule has 0 aliphatic carbocycles. The van der Waals surface area contributed by atoms with Crippen molar-refractivity contribution in [3.8, 4) is 5.75 Å². The fourth-order valence-corrected chi connectivity index (χ4v) is 1.52. The van der Waals surface area contributed by atoms with Crippen LogP contribution in [0, 0.1) is 5.82 Å². The molecule has 0 bridgehead atoms.